The molecule has 5 nitrogen and oxygen atoms in total. The first kappa shape index (κ1) is 21.3. The first-order valence-electron chi connectivity index (χ1n) is 9.02. The average molecular weight is 435 g/mol. The van der Waals surface area contributed by atoms with Crippen molar-refractivity contribution in [3.05, 3.63) is 52.0 Å². The number of halogens is 1. The number of nitrogens with one attached hydrogen (secondary N) is 2. The van der Waals surface area contributed by atoms with E-state index in [4.69, 9.17) is 9.47 Å². The lowest BCUT2D eigenvalue weighted by Gasteiger charge is -2.16. The Labute approximate surface area is 169 Å². The van der Waals surface area contributed by atoms with E-state index in [1.54, 1.807) is 7.11 Å². The van der Waals surface area contributed by atoms with Gasteiger partial charge in [0.1, 0.15) is 0 Å². The van der Waals surface area contributed by atoms with Gasteiger partial charge in [0.2, 0.25) is 0 Å². The average Bonchev–Trinajstić information content (AvgIpc) is 2.66. The molecule has 0 bridgehead atoms. The monoisotopic (exact) mass is 434 g/mol. The SMILES string of the molecule is CC[C@@H](C)NCc1cc(Br)c(OCC(=O)Nc2ccc(C)cc2)c(OC)c1. The van der Waals surface area contributed by atoms with Crippen molar-refractivity contribution < 1.29 is 14.3 Å². The maximum absolute atomic E-state index is 12.2. The van der Waals surface area contributed by atoms with Crippen molar-refractivity contribution in [1.29, 1.82) is 0 Å². The summed E-state index contributed by atoms with van der Waals surface area (Å²) >= 11 is 3.52. The topological polar surface area (TPSA) is 59.6 Å². The number of carbonyl (C=O) groups is 1. The van der Waals surface area contributed by atoms with Gasteiger partial charge in [0, 0.05) is 18.3 Å². The summed E-state index contributed by atoms with van der Waals surface area (Å²) in [5.41, 5.74) is 2.96. The summed E-state index contributed by atoms with van der Waals surface area (Å²) in [6.07, 6.45) is 1.07. The molecule has 27 heavy (non-hydrogen) atoms. The minimum atomic E-state index is -0.227. The van der Waals surface area contributed by atoms with E-state index in [1.807, 2.05) is 43.3 Å². The molecule has 0 saturated heterocycles. The Morgan fingerprint density at radius 1 is 1.22 bits per heavy atom. The number of hydrogen-bond acceptors (Lipinski definition) is 4. The Kier molecular flexibility index (Phi) is 8.13. The van der Waals surface area contributed by atoms with E-state index < -0.39 is 0 Å². The highest BCUT2D eigenvalue weighted by molar-refractivity contribution is 9.10. The van der Waals surface area contributed by atoms with E-state index in [-0.39, 0.29) is 12.5 Å². The molecule has 2 aromatic carbocycles. The highest BCUT2D eigenvalue weighted by atomic mass is 79.9. The third-order valence-electron chi connectivity index (χ3n) is 4.24. The van der Waals surface area contributed by atoms with Gasteiger partial charge in [-0.1, -0.05) is 24.6 Å². The van der Waals surface area contributed by atoms with Crippen molar-refractivity contribution in [2.24, 2.45) is 0 Å². The molecule has 6 heteroatoms. The highest BCUT2D eigenvalue weighted by Crippen LogP contribution is 2.36. The van der Waals surface area contributed by atoms with Crippen LogP contribution in [-0.2, 0) is 11.3 Å². The van der Waals surface area contributed by atoms with E-state index in [1.165, 1.54) is 0 Å². The number of aryl methyl sites for hydroxylation is 1. The third-order valence-corrected chi connectivity index (χ3v) is 4.83. The lowest BCUT2D eigenvalue weighted by atomic mass is 10.1. The standard InChI is InChI=1S/C21H27BrN2O3/c1-5-15(3)23-12-16-10-18(22)21(19(11-16)26-4)27-13-20(25)24-17-8-6-14(2)7-9-17/h6-11,15,23H,5,12-13H2,1-4H3,(H,24,25)/t15-/m1/s1. The van der Waals surface area contributed by atoms with Crippen LogP contribution in [0.15, 0.2) is 40.9 Å². The van der Waals surface area contributed by atoms with E-state index in [9.17, 15) is 4.79 Å². The lowest BCUT2D eigenvalue weighted by molar-refractivity contribution is -0.118. The van der Waals surface area contributed by atoms with E-state index in [0.29, 0.717) is 17.5 Å². The minimum absolute atomic E-state index is 0.104. The summed E-state index contributed by atoms with van der Waals surface area (Å²) in [7, 11) is 1.59. The van der Waals surface area contributed by atoms with E-state index in [0.717, 1.165) is 34.3 Å². The van der Waals surface area contributed by atoms with Crippen LogP contribution in [0.25, 0.3) is 0 Å². The number of amides is 1. The van der Waals surface area contributed by atoms with Gasteiger partial charge in [-0.2, -0.15) is 0 Å². The maximum Gasteiger partial charge on any atom is 0.262 e. The number of anilines is 1. The normalized spacial score (nSPS) is 11.7. The van der Waals surface area contributed by atoms with Crippen LogP contribution in [0.4, 0.5) is 5.69 Å². The van der Waals surface area contributed by atoms with Gasteiger partial charge in [-0.15, -0.1) is 0 Å². The molecule has 1 atom stereocenters. The van der Waals surface area contributed by atoms with Gasteiger partial charge < -0.3 is 20.1 Å². The van der Waals surface area contributed by atoms with Gasteiger partial charge >= 0.3 is 0 Å². The second-order valence-corrected chi connectivity index (χ2v) is 7.36. The van der Waals surface area contributed by atoms with Crippen LogP contribution in [-0.4, -0.2) is 25.7 Å². The third kappa shape index (κ3) is 6.56. The molecule has 0 aliphatic carbocycles. The Hall–Kier alpha value is -2.05. The number of rotatable bonds is 9. The summed E-state index contributed by atoms with van der Waals surface area (Å²) in [6.45, 7) is 6.93. The fourth-order valence-electron chi connectivity index (χ4n) is 2.42. The van der Waals surface area contributed by atoms with Crippen molar-refractivity contribution >= 4 is 27.5 Å². The molecule has 0 spiro atoms. The molecule has 0 aromatic heterocycles. The zero-order chi connectivity index (χ0) is 19.8. The maximum atomic E-state index is 12.2. The smallest absolute Gasteiger partial charge is 0.262 e. The van der Waals surface area contributed by atoms with Gasteiger partial charge in [0.25, 0.3) is 5.91 Å². The Bertz CT molecular complexity index is 763. The molecule has 0 radical (unpaired) electrons. The molecule has 0 heterocycles. The fraction of sp³-hybridized carbons (Fsp3) is 0.381. The van der Waals surface area contributed by atoms with Crippen molar-refractivity contribution in [2.75, 3.05) is 19.0 Å². The van der Waals surface area contributed by atoms with Gasteiger partial charge in [0.15, 0.2) is 18.1 Å². The molecule has 0 aliphatic rings. The largest absolute Gasteiger partial charge is 0.493 e. The van der Waals surface area contributed by atoms with Gasteiger partial charge in [-0.05, 0) is 66.0 Å². The van der Waals surface area contributed by atoms with Crippen LogP contribution in [0, 0.1) is 6.92 Å². The van der Waals surface area contributed by atoms with Crippen molar-refractivity contribution in [2.45, 2.75) is 39.8 Å². The minimum Gasteiger partial charge on any atom is -0.493 e. The van der Waals surface area contributed by atoms with Gasteiger partial charge in [0.05, 0.1) is 11.6 Å². The zero-order valence-electron chi connectivity index (χ0n) is 16.3. The molecular formula is C21H27BrN2O3. The second-order valence-electron chi connectivity index (χ2n) is 6.50. The van der Waals surface area contributed by atoms with Crippen LogP contribution in [0.3, 0.4) is 0 Å². The molecule has 146 valence electrons. The highest BCUT2D eigenvalue weighted by Gasteiger charge is 2.14. The Balaban J connectivity index is 2.00. The first-order valence-corrected chi connectivity index (χ1v) is 9.81. The zero-order valence-corrected chi connectivity index (χ0v) is 17.9. The van der Waals surface area contributed by atoms with Crippen LogP contribution in [0.1, 0.15) is 31.4 Å². The Morgan fingerprint density at radius 2 is 1.93 bits per heavy atom. The second kappa shape index (κ2) is 10.3. The number of methoxy groups -OCH3 is 1. The summed E-state index contributed by atoms with van der Waals surface area (Å²) < 4.78 is 11.9. The van der Waals surface area contributed by atoms with E-state index in [2.05, 4.69) is 40.4 Å². The Morgan fingerprint density at radius 3 is 2.56 bits per heavy atom. The first-order chi connectivity index (χ1) is 12.9. The van der Waals surface area contributed by atoms with Crippen LogP contribution < -0.4 is 20.1 Å². The van der Waals surface area contributed by atoms with E-state index >= 15 is 0 Å². The molecular weight excluding hydrogens is 408 g/mol. The predicted molar refractivity (Wildman–Crippen MR) is 113 cm³/mol. The summed E-state index contributed by atoms with van der Waals surface area (Å²) in [5, 5.41) is 6.26. The van der Waals surface area contributed by atoms with Crippen molar-refractivity contribution in [1.82, 2.24) is 5.32 Å². The molecule has 1 amide bonds. The lowest BCUT2D eigenvalue weighted by Crippen LogP contribution is -2.24. The van der Waals surface area contributed by atoms with Crippen LogP contribution >= 0.6 is 15.9 Å². The van der Waals surface area contributed by atoms with Crippen molar-refractivity contribution in [3.63, 3.8) is 0 Å². The quantitative estimate of drug-likeness (QED) is 0.601. The number of carbonyl (C=O) groups excluding carboxylic acids is 1. The molecule has 0 aliphatic heterocycles. The molecule has 0 unspecified atom stereocenters. The van der Waals surface area contributed by atoms with Crippen LogP contribution in [0.5, 0.6) is 11.5 Å². The van der Waals surface area contributed by atoms with Gasteiger partial charge in [-0.3, -0.25) is 4.79 Å². The summed E-state index contributed by atoms with van der Waals surface area (Å²) in [4.78, 5) is 12.2. The number of hydrogen-bond donors (Lipinski definition) is 2. The number of benzene rings is 2. The van der Waals surface area contributed by atoms with Crippen LogP contribution in [0.2, 0.25) is 0 Å². The molecule has 2 N–H and O–H groups in total. The predicted octanol–water partition coefficient (Wildman–Crippen LogP) is 4.67. The summed E-state index contributed by atoms with van der Waals surface area (Å²) in [5.74, 6) is 0.882. The molecule has 2 rings (SSSR count). The number of ether oxygens (including phenoxy) is 2. The molecule has 0 fully saturated rings. The van der Waals surface area contributed by atoms with Gasteiger partial charge in [-0.25, -0.2) is 0 Å². The summed E-state index contributed by atoms with van der Waals surface area (Å²) in [6, 6.07) is 12.0. The molecule has 2 aromatic rings. The van der Waals surface area contributed by atoms with Crippen molar-refractivity contribution in [3.8, 4) is 11.5 Å². The fourth-order valence-corrected chi connectivity index (χ4v) is 3.03. The molecule has 0 saturated carbocycles.